The van der Waals surface area contributed by atoms with Crippen molar-refractivity contribution >= 4 is 5.97 Å². The van der Waals surface area contributed by atoms with Crippen molar-refractivity contribution in [2.24, 2.45) is 0 Å². The maximum absolute atomic E-state index is 10.1. The average molecular weight is 236 g/mol. The number of aliphatic hydroxyl groups excluding tert-OH is 2. The molecule has 0 saturated carbocycles. The van der Waals surface area contributed by atoms with E-state index in [0.29, 0.717) is 6.61 Å². The Morgan fingerprint density at radius 1 is 1.12 bits per heavy atom. The van der Waals surface area contributed by atoms with Crippen LogP contribution in [0.25, 0.3) is 0 Å². The molecule has 0 heterocycles. The van der Waals surface area contributed by atoms with Gasteiger partial charge in [-0.15, -0.1) is 0 Å². The molecule has 5 heteroatoms. The van der Waals surface area contributed by atoms with Gasteiger partial charge in [-0.05, 0) is 20.8 Å². The van der Waals surface area contributed by atoms with E-state index < -0.39 is 0 Å². The standard InChI is InChI=1S/C5H8O2.C4H10O.C2H6O2/c1-3-5(6)7-4-2;1-3-5-4-2;3-1-2-4/h3H,1,4H2,2H3;3-4H2,1-2H3;3-4H,1-2H2. The maximum atomic E-state index is 10.1. The summed E-state index contributed by atoms with van der Waals surface area (Å²) in [4.78, 5) is 10.1. The van der Waals surface area contributed by atoms with Crippen LogP contribution in [0, 0.1) is 0 Å². The molecular weight excluding hydrogens is 212 g/mol. The van der Waals surface area contributed by atoms with Crippen molar-refractivity contribution in [2.45, 2.75) is 20.8 Å². The van der Waals surface area contributed by atoms with Crippen LogP contribution >= 0.6 is 0 Å². The first kappa shape index (κ1) is 20.5. The predicted octanol–water partition coefficient (Wildman–Crippen LogP) is 0.749. The van der Waals surface area contributed by atoms with Gasteiger partial charge in [0.25, 0.3) is 0 Å². The van der Waals surface area contributed by atoms with E-state index in [0.717, 1.165) is 19.3 Å². The molecule has 0 aliphatic carbocycles. The molecule has 0 aliphatic heterocycles. The quantitative estimate of drug-likeness (QED) is 0.544. The van der Waals surface area contributed by atoms with E-state index in [1.807, 2.05) is 13.8 Å². The van der Waals surface area contributed by atoms with Gasteiger partial charge < -0.3 is 19.7 Å². The average Bonchev–Trinajstić information content (AvgIpc) is 2.31. The molecule has 0 saturated heterocycles. The van der Waals surface area contributed by atoms with Crippen LogP contribution in [0.2, 0.25) is 0 Å². The lowest BCUT2D eigenvalue weighted by Crippen LogP contribution is -1.97. The van der Waals surface area contributed by atoms with Gasteiger partial charge in [-0.2, -0.15) is 0 Å². The summed E-state index contributed by atoms with van der Waals surface area (Å²) in [6.45, 7) is 10.8. The SMILES string of the molecule is C=CC(=O)OCC.CCOCC.OCCO. The Bertz CT molecular complexity index is 132. The van der Waals surface area contributed by atoms with Gasteiger partial charge in [0, 0.05) is 19.3 Å². The first-order chi connectivity index (χ1) is 7.64. The van der Waals surface area contributed by atoms with Crippen molar-refractivity contribution in [3.05, 3.63) is 12.7 Å². The van der Waals surface area contributed by atoms with E-state index in [1.54, 1.807) is 6.92 Å². The number of carbonyl (C=O) groups is 1. The third kappa shape index (κ3) is 38.1. The van der Waals surface area contributed by atoms with Gasteiger partial charge in [-0.25, -0.2) is 4.79 Å². The highest BCUT2D eigenvalue weighted by atomic mass is 16.5. The number of carbonyl (C=O) groups excluding carboxylic acids is 1. The summed E-state index contributed by atoms with van der Waals surface area (Å²) in [5, 5.41) is 15.2. The zero-order valence-corrected chi connectivity index (χ0v) is 10.4. The van der Waals surface area contributed by atoms with Crippen LogP contribution in [0.1, 0.15) is 20.8 Å². The highest BCUT2D eigenvalue weighted by Crippen LogP contribution is 1.74. The normalized spacial score (nSPS) is 7.81. The van der Waals surface area contributed by atoms with E-state index in [1.165, 1.54) is 0 Å². The molecule has 0 rings (SSSR count). The van der Waals surface area contributed by atoms with Gasteiger partial charge >= 0.3 is 5.97 Å². The minimum Gasteiger partial charge on any atom is -0.463 e. The van der Waals surface area contributed by atoms with Gasteiger partial charge in [0.05, 0.1) is 19.8 Å². The van der Waals surface area contributed by atoms with Crippen molar-refractivity contribution in [1.29, 1.82) is 0 Å². The molecule has 2 N–H and O–H groups in total. The molecule has 0 spiro atoms. The van der Waals surface area contributed by atoms with Crippen LogP contribution in [-0.4, -0.2) is 49.2 Å². The topological polar surface area (TPSA) is 76.0 Å². The van der Waals surface area contributed by atoms with Gasteiger partial charge in [0.15, 0.2) is 0 Å². The minimum absolute atomic E-state index is 0.125. The molecule has 0 atom stereocenters. The minimum atomic E-state index is -0.359. The third-order valence-corrected chi connectivity index (χ3v) is 0.962. The van der Waals surface area contributed by atoms with E-state index >= 15 is 0 Å². The first-order valence-corrected chi connectivity index (χ1v) is 5.22. The number of rotatable bonds is 5. The molecule has 98 valence electrons. The Kier molecular flexibility index (Phi) is 30.4. The third-order valence-electron chi connectivity index (χ3n) is 0.962. The Labute approximate surface area is 97.7 Å². The van der Waals surface area contributed by atoms with Gasteiger partial charge in [0.1, 0.15) is 0 Å². The van der Waals surface area contributed by atoms with Crippen LogP contribution in [0.5, 0.6) is 0 Å². The molecule has 16 heavy (non-hydrogen) atoms. The largest absolute Gasteiger partial charge is 0.463 e. The van der Waals surface area contributed by atoms with Crippen molar-refractivity contribution in [3.63, 3.8) is 0 Å². The van der Waals surface area contributed by atoms with Crippen molar-refractivity contribution in [2.75, 3.05) is 33.0 Å². The zero-order valence-electron chi connectivity index (χ0n) is 10.4. The lowest BCUT2D eigenvalue weighted by molar-refractivity contribution is -0.137. The fourth-order valence-electron chi connectivity index (χ4n) is 0.405. The highest BCUT2D eigenvalue weighted by molar-refractivity contribution is 5.81. The van der Waals surface area contributed by atoms with Crippen molar-refractivity contribution in [3.8, 4) is 0 Å². The fourth-order valence-corrected chi connectivity index (χ4v) is 0.405. The molecule has 0 aromatic carbocycles. The lowest BCUT2D eigenvalue weighted by Gasteiger charge is -1.90. The van der Waals surface area contributed by atoms with E-state index in [4.69, 9.17) is 14.9 Å². The van der Waals surface area contributed by atoms with Gasteiger partial charge in [-0.3, -0.25) is 0 Å². The maximum Gasteiger partial charge on any atom is 0.330 e. The van der Waals surface area contributed by atoms with E-state index in [9.17, 15) is 4.79 Å². The second kappa shape index (κ2) is 23.7. The van der Waals surface area contributed by atoms with E-state index in [-0.39, 0.29) is 19.2 Å². The Balaban J connectivity index is -0.000000166. The van der Waals surface area contributed by atoms with Crippen LogP contribution in [0.3, 0.4) is 0 Å². The summed E-state index contributed by atoms with van der Waals surface area (Å²) in [5.74, 6) is -0.359. The van der Waals surface area contributed by atoms with E-state index in [2.05, 4.69) is 11.3 Å². The smallest absolute Gasteiger partial charge is 0.330 e. The van der Waals surface area contributed by atoms with Crippen molar-refractivity contribution < 1.29 is 24.5 Å². The highest BCUT2D eigenvalue weighted by Gasteiger charge is 1.86. The summed E-state index contributed by atoms with van der Waals surface area (Å²) >= 11 is 0. The summed E-state index contributed by atoms with van der Waals surface area (Å²) in [6, 6.07) is 0. The first-order valence-electron chi connectivity index (χ1n) is 5.22. The van der Waals surface area contributed by atoms with Crippen LogP contribution < -0.4 is 0 Å². The number of ether oxygens (including phenoxy) is 2. The molecule has 0 fully saturated rings. The summed E-state index contributed by atoms with van der Waals surface area (Å²) in [6.07, 6.45) is 1.14. The Morgan fingerprint density at radius 3 is 1.62 bits per heavy atom. The second-order valence-electron chi connectivity index (χ2n) is 2.18. The number of hydrogen-bond acceptors (Lipinski definition) is 5. The van der Waals surface area contributed by atoms with Crippen LogP contribution in [-0.2, 0) is 14.3 Å². The monoisotopic (exact) mass is 236 g/mol. The molecule has 0 unspecified atom stereocenters. The molecule has 0 aromatic rings. The Morgan fingerprint density at radius 2 is 1.56 bits per heavy atom. The summed E-state index contributed by atoms with van der Waals surface area (Å²) in [7, 11) is 0. The lowest BCUT2D eigenvalue weighted by atomic mass is 10.6. The van der Waals surface area contributed by atoms with Crippen molar-refractivity contribution in [1.82, 2.24) is 0 Å². The Hall–Kier alpha value is -0.910. The molecule has 0 radical (unpaired) electrons. The van der Waals surface area contributed by atoms with Gasteiger partial charge in [0.2, 0.25) is 0 Å². The summed E-state index contributed by atoms with van der Waals surface area (Å²) < 4.78 is 9.27. The molecule has 5 nitrogen and oxygen atoms in total. The number of hydrogen-bond donors (Lipinski definition) is 2. The zero-order chi connectivity index (χ0) is 13.2. The van der Waals surface area contributed by atoms with Crippen LogP contribution in [0.4, 0.5) is 0 Å². The van der Waals surface area contributed by atoms with Crippen LogP contribution in [0.15, 0.2) is 12.7 Å². The molecule has 0 aromatic heterocycles. The molecule has 0 amide bonds. The molecule has 0 aliphatic rings. The predicted molar refractivity (Wildman–Crippen MR) is 63.2 cm³/mol. The van der Waals surface area contributed by atoms with Gasteiger partial charge in [-0.1, -0.05) is 6.58 Å². The number of esters is 1. The fraction of sp³-hybridized carbons (Fsp3) is 0.727. The second-order valence-corrected chi connectivity index (χ2v) is 2.18. The number of aliphatic hydroxyl groups is 2. The molecular formula is C11H24O5. The summed E-state index contributed by atoms with van der Waals surface area (Å²) in [5.41, 5.74) is 0. The molecule has 0 bridgehead atoms.